The van der Waals surface area contributed by atoms with Gasteiger partial charge < -0.3 is 4.74 Å². The van der Waals surface area contributed by atoms with E-state index in [1.807, 2.05) is 0 Å². The third-order valence-corrected chi connectivity index (χ3v) is 4.45. The summed E-state index contributed by atoms with van der Waals surface area (Å²) >= 11 is 11.5. The van der Waals surface area contributed by atoms with Crippen LogP contribution in [0.25, 0.3) is 0 Å². The molecule has 0 aliphatic carbocycles. The SMILES string of the molecule is CCc1ccc(/C(=N\CCOc2nc(Cl)nc(Cl)n2)c2ccc(C)cc2)cc1. The van der Waals surface area contributed by atoms with Crippen molar-refractivity contribution in [2.45, 2.75) is 20.3 Å². The Balaban J connectivity index is 1.78. The van der Waals surface area contributed by atoms with Crippen LogP contribution in [-0.4, -0.2) is 33.8 Å². The molecule has 1 heterocycles. The van der Waals surface area contributed by atoms with Crippen molar-refractivity contribution < 1.29 is 4.74 Å². The third kappa shape index (κ3) is 5.50. The fourth-order valence-electron chi connectivity index (χ4n) is 2.63. The molecule has 0 radical (unpaired) electrons. The fourth-order valence-corrected chi connectivity index (χ4v) is 2.97. The number of hydrogen-bond acceptors (Lipinski definition) is 5. The van der Waals surface area contributed by atoms with Crippen LogP contribution in [0.2, 0.25) is 10.6 Å². The molecule has 1 aromatic heterocycles. The Morgan fingerprint density at radius 3 is 2.04 bits per heavy atom. The average Bonchev–Trinajstić information content (AvgIpc) is 2.68. The summed E-state index contributed by atoms with van der Waals surface area (Å²) in [6.45, 7) is 4.93. The highest BCUT2D eigenvalue weighted by atomic mass is 35.5. The second-order valence-electron chi connectivity index (χ2n) is 6.15. The standard InChI is InChI=1S/C21H20Cl2N4O/c1-3-15-6-10-17(11-7-15)18(16-8-4-14(2)5-9-16)24-12-13-28-21-26-19(22)25-20(23)27-21/h4-11H,3,12-13H2,1-2H3/b24-18-. The summed E-state index contributed by atoms with van der Waals surface area (Å²) in [6, 6.07) is 16.9. The van der Waals surface area contributed by atoms with Crippen LogP contribution in [0.5, 0.6) is 6.01 Å². The predicted octanol–water partition coefficient (Wildman–Crippen LogP) is 4.97. The van der Waals surface area contributed by atoms with Gasteiger partial charge in [0.1, 0.15) is 6.61 Å². The van der Waals surface area contributed by atoms with E-state index >= 15 is 0 Å². The summed E-state index contributed by atoms with van der Waals surface area (Å²) in [7, 11) is 0. The predicted molar refractivity (Wildman–Crippen MR) is 113 cm³/mol. The van der Waals surface area contributed by atoms with Crippen LogP contribution in [0.15, 0.2) is 53.5 Å². The summed E-state index contributed by atoms with van der Waals surface area (Å²) in [5, 5.41) is -0.00952. The van der Waals surface area contributed by atoms with Gasteiger partial charge in [0.2, 0.25) is 10.6 Å². The first-order chi connectivity index (χ1) is 13.5. The Hall–Kier alpha value is -2.50. The first-order valence-corrected chi connectivity index (χ1v) is 9.71. The molecule has 0 unspecified atom stereocenters. The maximum Gasteiger partial charge on any atom is 0.322 e. The zero-order valence-corrected chi connectivity index (χ0v) is 17.2. The molecular weight excluding hydrogens is 395 g/mol. The molecule has 0 atom stereocenters. The second-order valence-corrected chi connectivity index (χ2v) is 6.83. The molecule has 3 aromatic rings. The number of nitrogens with zero attached hydrogens (tertiary/aromatic N) is 4. The number of hydrogen-bond donors (Lipinski definition) is 0. The van der Waals surface area contributed by atoms with Gasteiger partial charge in [-0.25, -0.2) is 0 Å². The van der Waals surface area contributed by atoms with Crippen molar-refractivity contribution in [1.82, 2.24) is 15.0 Å². The minimum absolute atomic E-state index is 0.00476. The van der Waals surface area contributed by atoms with E-state index in [1.54, 1.807) is 0 Å². The van der Waals surface area contributed by atoms with Gasteiger partial charge in [-0.15, -0.1) is 0 Å². The van der Waals surface area contributed by atoms with E-state index in [4.69, 9.17) is 32.9 Å². The molecule has 0 aliphatic rings. The van der Waals surface area contributed by atoms with Gasteiger partial charge in [-0.3, -0.25) is 4.99 Å². The van der Waals surface area contributed by atoms with Gasteiger partial charge in [0.25, 0.3) is 0 Å². The first-order valence-electron chi connectivity index (χ1n) is 8.96. The zero-order valence-electron chi connectivity index (χ0n) is 15.7. The molecule has 0 amide bonds. The lowest BCUT2D eigenvalue weighted by Gasteiger charge is -2.10. The molecule has 28 heavy (non-hydrogen) atoms. The van der Waals surface area contributed by atoms with E-state index in [2.05, 4.69) is 77.3 Å². The van der Waals surface area contributed by atoms with Crippen LogP contribution in [-0.2, 0) is 6.42 Å². The molecule has 5 nitrogen and oxygen atoms in total. The monoisotopic (exact) mass is 414 g/mol. The first kappa shape index (κ1) is 20.2. The Morgan fingerprint density at radius 1 is 0.893 bits per heavy atom. The van der Waals surface area contributed by atoms with Crippen LogP contribution in [0.3, 0.4) is 0 Å². The Bertz CT molecular complexity index is 937. The lowest BCUT2D eigenvalue weighted by Crippen LogP contribution is -2.10. The Morgan fingerprint density at radius 2 is 1.46 bits per heavy atom. The van der Waals surface area contributed by atoms with Crippen molar-refractivity contribution in [3.8, 4) is 6.01 Å². The topological polar surface area (TPSA) is 60.3 Å². The molecule has 0 bridgehead atoms. The number of aliphatic imine (C=N–C) groups is 1. The van der Waals surface area contributed by atoms with Crippen LogP contribution in [0.4, 0.5) is 0 Å². The van der Waals surface area contributed by atoms with Gasteiger partial charge >= 0.3 is 6.01 Å². The fraction of sp³-hybridized carbons (Fsp3) is 0.238. The summed E-state index contributed by atoms with van der Waals surface area (Å²) < 4.78 is 5.51. The van der Waals surface area contributed by atoms with E-state index in [1.165, 1.54) is 11.1 Å². The number of aromatic nitrogens is 3. The highest BCUT2D eigenvalue weighted by Crippen LogP contribution is 2.15. The highest BCUT2D eigenvalue weighted by Gasteiger charge is 2.08. The molecule has 0 saturated carbocycles. The molecule has 7 heteroatoms. The van der Waals surface area contributed by atoms with Crippen molar-refractivity contribution in [3.63, 3.8) is 0 Å². The van der Waals surface area contributed by atoms with Crippen molar-refractivity contribution in [1.29, 1.82) is 0 Å². The summed E-state index contributed by atoms with van der Waals surface area (Å²) in [4.78, 5) is 16.2. The third-order valence-electron chi connectivity index (χ3n) is 4.11. The lowest BCUT2D eigenvalue weighted by atomic mass is 9.99. The Labute approximate surface area is 174 Å². The van der Waals surface area contributed by atoms with Crippen LogP contribution in [0.1, 0.15) is 29.2 Å². The highest BCUT2D eigenvalue weighted by molar-refractivity contribution is 6.31. The Kier molecular flexibility index (Phi) is 6.95. The summed E-state index contributed by atoms with van der Waals surface area (Å²) in [6.07, 6.45) is 1.00. The van der Waals surface area contributed by atoms with E-state index in [0.29, 0.717) is 13.2 Å². The van der Waals surface area contributed by atoms with E-state index in [0.717, 1.165) is 23.3 Å². The molecule has 0 saturated heterocycles. The summed E-state index contributed by atoms with van der Waals surface area (Å²) in [5.41, 5.74) is 5.53. The van der Waals surface area contributed by atoms with Crippen molar-refractivity contribution >= 4 is 28.9 Å². The maximum atomic E-state index is 5.76. The smallest absolute Gasteiger partial charge is 0.322 e. The molecule has 0 N–H and O–H groups in total. The molecular formula is C21H20Cl2N4O. The lowest BCUT2D eigenvalue weighted by molar-refractivity contribution is 0.301. The molecule has 0 spiro atoms. The molecule has 0 fully saturated rings. The van der Waals surface area contributed by atoms with Gasteiger partial charge in [0, 0.05) is 11.1 Å². The second kappa shape index (κ2) is 9.62. The number of ether oxygens (including phenoxy) is 1. The van der Waals surface area contributed by atoms with Gasteiger partial charge in [0.05, 0.1) is 12.3 Å². The van der Waals surface area contributed by atoms with Crippen LogP contribution < -0.4 is 4.74 Å². The van der Waals surface area contributed by atoms with Gasteiger partial charge in [-0.2, -0.15) is 15.0 Å². The van der Waals surface area contributed by atoms with Crippen molar-refractivity contribution in [2.75, 3.05) is 13.2 Å². The molecule has 2 aromatic carbocycles. The van der Waals surface area contributed by atoms with Crippen LogP contribution in [0, 0.1) is 6.92 Å². The van der Waals surface area contributed by atoms with Crippen molar-refractivity contribution in [3.05, 3.63) is 81.4 Å². The largest absolute Gasteiger partial charge is 0.461 e. The number of halogens is 2. The molecule has 0 aliphatic heterocycles. The van der Waals surface area contributed by atoms with Gasteiger partial charge in [0.15, 0.2) is 0 Å². The molecule has 144 valence electrons. The maximum absolute atomic E-state index is 5.76. The number of aryl methyl sites for hydroxylation is 2. The van der Waals surface area contributed by atoms with Gasteiger partial charge in [-0.05, 0) is 42.1 Å². The van der Waals surface area contributed by atoms with Crippen LogP contribution >= 0.6 is 23.2 Å². The average molecular weight is 415 g/mol. The van der Waals surface area contributed by atoms with Gasteiger partial charge in [-0.1, -0.05) is 61.0 Å². The molecule has 3 rings (SSSR count). The normalized spacial score (nSPS) is 11.5. The van der Waals surface area contributed by atoms with E-state index in [-0.39, 0.29) is 16.6 Å². The van der Waals surface area contributed by atoms with E-state index < -0.39 is 0 Å². The minimum atomic E-state index is -0.00476. The summed E-state index contributed by atoms with van der Waals surface area (Å²) in [5.74, 6) is 0. The number of rotatable bonds is 7. The van der Waals surface area contributed by atoms with E-state index in [9.17, 15) is 0 Å². The minimum Gasteiger partial charge on any atom is -0.461 e. The van der Waals surface area contributed by atoms with Crippen molar-refractivity contribution in [2.24, 2.45) is 4.99 Å². The zero-order chi connectivity index (χ0) is 19.9. The number of benzene rings is 2. The quantitative estimate of drug-likeness (QED) is 0.404.